The first-order chi connectivity index (χ1) is 30.9. The lowest BCUT2D eigenvalue weighted by atomic mass is 9.87. The third-order valence-corrected chi connectivity index (χ3v) is 15.3. The van der Waals surface area contributed by atoms with Crippen molar-refractivity contribution in [1.82, 2.24) is 24.6 Å². The van der Waals surface area contributed by atoms with Crippen LogP contribution in [-0.2, 0) is 19.2 Å². The summed E-state index contributed by atoms with van der Waals surface area (Å²) < 4.78 is 6.19. The van der Waals surface area contributed by atoms with Gasteiger partial charge in [0, 0.05) is 48.7 Å². The van der Waals surface area contributed by atoms with E-state index in [9.17, 15) is 19.2 Å². The predicted octanol–water partition coefficient (Wildman–Crippen LogP) is 8.74. The van der Waals surface area contributed by atoms with Gasteiger partial charge < -0.3 is 24.9 Å². The number of piperidine rings is 2. The van der Waals surface area contributed by atoms with E-state index in [1.165, 1.54) is 64.2 Å². The molecule has 2 saturated carbocycles. The van der Waals surface area contributed by atoms with Crippen LogP contribution in [0.25, 0.3) is 22.8 Å². The highest BCUT2D eigenvalue weighted by Gasteiger charge is 2.42. The topological polar surface area (TPSA) is 131 Å². The second kappa shape index (κ2) is 20.5. The summed E-state index contributed by atoms with van der Waals surface area (Å²) in [5.74, 6) is 2.43. The van der Waals surface area contributed by atoms with Crippen LogP contribution in [0.2, 0.25) is 0 Å². The van der Waals surface area contributed by atoms with Crippen LogP contribution in [0.3, 0.4) is 0 Å². The van der Waals surface area contributed by atoms with E-state index in [0.29, 0.717) is 60.8 Å². The second-order valence-electron chi connectivity index (χ2n) is 19.6. The van der Waals surface area contributed by atoms with E-state index in [1.54, 1.807) is 6.20 Å². The molecule has 2 aliphatic carbocycles. The quantitative estimate of drug-likeness (QED) is 0.185. The van der Waals surface area contributed by atoms with E-state index in [2.05, 4.69) is 25.4 Å². The van der Waals surface area contributed by atoms with Gasteiger partial charge in [-0.1, -0.05) is 51.4 Å². The fourth-order valence-corrected chi connectivity index (χ4v) is 11.8. The minimum absolute atomic E-state index is 0.113. The number of anilines is 2. The number of carbonyl (C=O) groups excluding carboxylic acids is 4. The molecule has 3 aromatic rings. The smallest absolute Gasteiger partial charge is 0.247 e. The van der Waals surface area contributed by atoms with Gasteiger partial charge in [0.1, 0.15) is 12.1 Å². The Labute approximate surface area is 373 Å². The molecule has 6 aliphatic rings. The molecule has 4 aliphatic heterocycles. The normalized spacial score (nSPS) is 25.6. The summed E-state index contributed by atoms with van der Waals surface area (Å²) in [6.07, 6.45) is 23.8. The molecule has 4 atom stereocenters. The Hall–Kier alpha value is -4.55. The monoisotopic (exact) mass is 860 g/mol. The highest BCUT2D eigenvalue weighted by molar-refractivity contribution is 5.99. The predicted molar refractivity (Wildman–Crippen MR) is 246 cm³/mol. The molecule has 2 unspecified atom stereocenters. The van der Waals surface area contributed by atoms with E-state index in [-0.39, 0.29) is 35.7 Å². The van der Waals surface area contributed by atoms with E-state index in [1.807, 2.05) is 58.3 Å². The lowest BCUT2D eigenvalue weighted by Crippen LogP contribution is -2.55. The zero-order valence-corrected chi connectivity index (χ0v) is 37.3. The molecule has 12 heteroatoms. The Morgan fingerprint density at radius 1 is 0.492 bits per heavy atom. The van der Waals surface area contributed by atoms with E-state index < -0.39 is 12.1 Å². The maximum atomic E-state index is 14.0. The number of amides is 4. The van der Waals surface area contributed by atoms with Gasteiger partial charge in [-0.2, -0.15) is 0 Å². The summed E-state index contributed by atoms with van der Waals surface area (Å²) in [4.78, 5) is 68.5. The van der Waals surface area contributed by atoms with E-state index in [0.717, 1.165) is 88.7 Å². The molecule has 1 aromatic heterocycles. The summed E-state index contributed by atoms with van der Waals surface area (Å²) in [6, 6.07) is 13.9. The number of hydrogen-bond acceptors (Lipinski definition) is 8. The van der Waals surface area contributed by atoms with Gasteiger partial charge in [-0.05, 0) is 151 Å². The molecule has 2 N–H and O–H groups in total. The zero-order chi connectivity index (χ0) is 43.1. The molecular weight excluding hydrogens is 791 g/mol. The van der Waals surface area contributed by atoms with Crippen molar-refractivity contribution in [2.45, 2.75) is 153 Å². The van der Waals surface area contributed by atoms with Crippen LogP contribution in [-0.4, -0.2) is 112 Å². The molecule has 0 spiro atoms. The van der Waals surface area contributed by atoms with Gasteiger partial charge in [0.15, 0.2) is 5.76 Å². The van der Waals surface area contributed by atoms with Crippen molar-refractivity contribution < 1.29 is 23.6 Å². The molecular formula is C51H69N7O5. The Bertz CT molecular complexity index is 1880. The van der Waals surface area contributed by atoms with Gasteiger partial charge in [-0.3, -0.25) is 29.0 Å². The Balaban J connectivity index is 0.770. The molecule has 6 fully saturated rings. The molecule has 9 rings (SSSR count). The number of nitrogens with zero attached hydrogens (tertiary/aromatic N) is 5. The van der Waals surface area contributed by atoms with Gasteiger partial charge in [0.2, 0.25) is 29.5 Å². The summed E-state index contributed by atoms with van der Waals surface area (Å²) in [7, 11) is 0. The summed E-state index contributed by atoms with van der Waals surface area (Å²) >= 11 is 0. The maximum absolute atomic E-state index is 14.0. The number of hydrogen-bond donors (Lipinski definition) is 2. The fourth-order valence-electron chi connectivity index (χ4n) is 11.8. The Kier molecular flexibility index (Phi) is 14.2. The van der Waals surface area contributed by atoms with Gasteiger partial charge in [-0.15, -0.1) is 0 Å². The minimum atomic E-state index is -0.459. The van der Waals surface area contributed by atoms with Crippen LogP contribution >= 0.6 is 0 Å². The van der Waals surface area contributed by atoms with Gasteiger partial charge in [0.25, 0.3) is 0 Å². The van der Waals surface area contributed by atoms with E-state index >= 15 is 0 Å². The van der Waals surface area contributed by atoms with Crippen molar-refractivity contribution in [3.8, 4) is 22.8 Å². The van der Waals surface area contributed by atoms with E-state index in [4.69, 9.17) is 4.42 Å². The maximum Gasteiger partial charge on any atom is 0.247 e. The lowest BCUT2D eigenvalue weighted by molar-refractivity contribution is -0.143. The molecule has 4 saturated heterocycles. The van der Waals surface area contributed by atoms with Crippen LogP contribution in [0.1, 0.15) is 128 Å². The number of aromatic nitrogens is 1. The number of likely N-dealkylation sites (tertiary alicyclic amines) is 4. The molecule has 4 amide bonds. The van der Waals surface area contributed by atoms with Crippen molar-refractivity contribution in [2.24, 2.45) is 11.8 Å². The molecule has 63 heavy (non-hydrogen) atoms. The average Bonchev–Trinajstić information content (AvgIpc) is 4.13. The standard InChI is InChI=1S/C51H69N7O5/c59-47(42-19-11-31-57(42)50(61)44-17-7-9-29-55(44)34-36-13-3-1-4-14-36)53-40-25-21-38(22-26-40)46-33-52-49(63-46)39-23-27-41(28-24-39)54-48(60)43-20-12-32-58(43)51(62)45-18-8-10-30-56(45)35-37-15-5-2-6-16-37/h21-28,33,36-37,42-45H,1-20,29-32,34-35H2,(H,53,59)(H,54,60)/t42-,43-,44?,45?/m0/s1. The van der Waals surface area contributed by atoms with Crippen LogP contribution in [0.4, 0.5) is 11.4 Å². The molecule has 338 valence electrons. The Morgan fingerprint density at radius 2 is 0.921 bits per heavy atom. The van der Waals surface area contributed by atoms with Crippen LogP contribution in [0.5, 0.6) is 0 Å². The Morgan fingerprint density at radius 3 is 1.40 bits per heavy atom. The van der Waals surface area contributed by atoms with Crippen LogP contribution in [0, 0.1) is 11.8 Å². The average molecular weight is 860 g/mol. The highest BCUT2D eigenvalue weighted by Crippen LogP contribution is 2.33. The largest absolute Gasteiger partial charge is 0.436 e. The minimum Gasteiger partial charge on any atom is -0.436 e. The molecule has 0 bridgehead atoms. The summed E-state index contributed by atoms with van der Waals surface area (Å²) in [6.45, 7) is 5.24. The van der Waals surface area contributed by atoms with Crippen molar-refractivity contribution in [2.75, 3.05) is 49.9 Å². The van der Waals surface area contributed by atoms with Crippen molar-refractivity contribution in [1.29, 1.82) is 0 Å². The number of benzene rings is 2. The summed E-state index contributed by atoms with van der Waals surface area (Å²) in [5, 5.41) is 6.17. The summed E-state index contributed by atoms with van der Waals surface area (Å²) in [5.41, 5.74) is 2.94. The third-order valence-electron chi connectivity index (χ3n) is 15.3. The third kappa shape index (κ3) is 10.4. The van der Waals surface area contributed by atoms with Crippen molar-refractivity contribution >= 4 is 35.0 Å². The molecule has 0 radical (unpaired) electrons. The molecule has 5 heterocycles. The molecule has 2 aromatic carbocycles. The number of carbonyl (C=O) groups is 4. The van der Waals surface area contributed by atoms with Crippen LogP contribution in [0.15, 0.2) is 59.1 Å². The van der Waals surface area contributed by atoms with Gasteiger partial charge in [0.05, 0.1) is 18.3 Å². The SMILES string of the molecule is O=C(Nc1ccc(-c2cnc(-c3ccc(NC(=O)[C@@H]4CCCN4C(=O)C4CCCCN4CC4CCCCC4)cc3)o2)cc1)[C@@H]1CCCN1C(=O)C1CCCCN1CC1CCCCC1. The van der Waals surface area contributed by atoms with Crippen molar-refractivity contribution in [3.05, 3.63) is 54.7 Å². The first kappa shape index (κ1) is 43.7. The second-order valence-corrected chi connectivity index (χ2v) is 19.6. The van der Waals surface area contributed by atoms with Gasteiger partial charge in [-0.25, -0.2) is 4.98 Å². The number of oxazole rings is 1. The molecule has 12 nitrogen and oxygen atoms in total. The fraction of sp³-hybridized carbons (Fsp3) is 0.627. The van der Waals surface area contributed by atoms with Crippen LogP contribution < -0.4 is 10.6 Å². The first-order valence-electron chi connectivity index (χ1n) is 24.8. The van der Waals surface area contributed by atoms with Crippen molar-refractivity contribution in [3.63, 3.8) is 0 Å². The number of rotatable bonds is 12. The van der Waals surface area contributed by atoms with Gasteiger partial charge >= 0.3 is 0 Å². The highest BCUT2D eigenvalue weighted by atomic mass is 16.4. The lowest BCUT2D eigenvalue weighted by Gasteiger charge is -2.40. The zero-order valence-electron chi connectivity index (χ0n) is 37.3. The first-order valence-corrected chi connectivity index (χ1v) is 24.8. The number of nitrogens with one attached hydrogen (secondary N) is 2.